The van der Waals surface area contributed by atoms with Gasteiger partial charge in [0.2, 0.25) is 16.6 Å². The first kappa shape index (κ1) is 33.4. The Bertz CT molecular complexity index is 926. The Morgan fingerprint density at radius 3 is 0.950 bits per heavy atom. The second kappa shape index (κ2) is 9.71. The number of carbonyl (C=O) groups is 2. The summed E-state index contributed by atoms with van der Waals surface area (Å²) in [6.45, 7) is 35.1. The van der Waals surface area contributed by atoms with Crippen LogP contribution in [0.3, 0.4) is 0 Å². The summed E-state index contributed by atoms with van der Waals surface area (Å²) in [6.07, 6.45) is 0.925. The van der Waals surface area contributed by atoms with Crippen molar-refractivity contribution in [3.63, 3.8) is 0 Å². The van der Waals surface area contributed by atoms with Gasteiger partial charge in [-0.25, -0.2) is 9.59 Å². The van der Waals surface area contributed by atoms with Gasteiger partial charge in [0.15, 0.2) is 22.7 Å². The van der Waals surface area contributed by atoms with Gasteiger partial charge in [-0.05, 0) is 59.9 Å². The Labute approximate surface area is 245 Å². The lowest BCUT2D eigenvalue weighted by Crippen LogP contribution is -2.58. The van der Waals surface area contributed by atoms with Crippen molar-refractivity contribution in [2.45, 2.75) is 179 Å². The predicted molar refractivity (Wildman–Crippen MR) is 164 cm³/mol. The van der Waals surface area contributed by atoms with Gasteiger partial charge in [0.25, 0.3) is 0 Å². The number of cyclic esters (lactones) is 2. The molecular weight excluding hydrogens is 541 g/mol. The quantitative estimate of drug-likeness (QED) is 0.316. The van der Waals surface area contributed by atoms with Gasteiger partial charge in [0.1, 0.15) is 0 Å². The van der Waals surface area contributed by atoms with Gasteiger partial charge in [-0.3, -0.25) is 10.6 Å². The molecule has 2 spiro atoms. The summed E-state index contributed by atoms with van der Waals surface area (Å²) in [5.74, 6) is 0. The first-order valence-electron chi connectivity index (χ1n) is 15.2. The summed E-state index contributed by atoms with van der Waals surface area (Å²) in [4.78, 5) is 23.6. The van der Waals surface area contributed by atoms with E-state index in [1.807, 2.05) is 27.7 Å². The topological polar surface area (TPSA) is 95.1 Å². The van der Waals surface area contributed by atoms with Crippen LogP contribution in [0.4, 0.5) is 9.59 Å². The fourth-order valence-corrected chi connectivity index (χ4v) is 22.9. The SMILES string of the molecule is CC(C)[Si]1(C(C)C)O[C@@]2(CC1(C)C)NC(=O)OC2(C)C.CC(C)[Si]1(C(C)C)O[C@]2(CC1(C)C)NC(=O)OC2(C)C. The number of hydrogen-bond donors (Lipinski definition) is 2. The highest BCUT2D eigenvalue weighted by Crippen LogP contribution is 2.65. The number of alkyl carbamates (subject to hydrolysis) is 2. The maximum Gasteiger partial charge on any atom is 0.410 e. The molecule has 2 N–H and O–H groups in total. The Morgan fingerprint density at radius 2 is 0.800 bits per heavy atom. The Balaban J connectivity index is 0.000000220. The molecule has 0 aromatic carbocycles. The zero-order valence-corrected chi connectivity index (χ0v) is 30.2. The number of amides is 2. The van der Waals surface area contributed by atoms with Gasteiger partial charge in [-0.2, -0.15) is 0 Å². The first-order chi connectivity index (χ1) is 17.8. The summed E-state index contributed by atoms with van der Waals surface area (Å²) < 4.78 is 24.6. The van der Waals surface area contributed by atoms with E-state index in [2.05, 4.69) is 93.7 Å². The molecule has 2 atom stereocenters. The van der Waals surface area contributed by atoms with Crippen molar-refractivity contribution < 1.29 is 27.9 Å². The van der Waals surface area contributed by atoms with E-state index in [-0.39, 0.29) is 22.3 Å². The van der Waals surface area contributed by atoms with E-state index < -0.39 is 39.3 Å². The molecule has 0 aliphatic carbocycles. The minimum absolute atomic E-state index is 0.0909. The van der Waals surface area contributed by atoms with Gasteiger partial charge in [-0.1, -0.05) is 83.1 Å². The molecule has 4 rings (SSSR count). The molecule has 0 bridgehead atoms. The summed E-state index contributed by atoms with van der Waals surface area (Å²) >= 11 is 0. The Morgan fingerprint density at radius 1 is 0.550 bits per heavy atom. The van der Waals surface area contributed by atoms with E-state index in [9.17, 15) is 9.59 Å². The van der Waals surface area contributed by atoms with Gasteiger partial charge < -0.3 is 18.3 Å². The molecule has 10 heteroatoms. The van der Waals surface area contributed by atoms with Crippen LogP contribution in [0.1, 0.15) is 124 Å². The second-order valence-electron chi connectivity index (χ2n) is 16.2. The molecule has 0 unspecified atom stereocenters. The molecule has 0 saturated carbocycles. The van der Waals surface area contributed by atoms with Crippen LogP contribution >= 0.6 is 0 Å². The molecule has 0 radical (unpaired) electrons. The summed E-state index contributed by atoms with van der Waals surface area (Å²) in [6, 6.07) is 0. The van der Waals surface area contributed by atoms with E-state index in [4.69, 9.17) is 18.3 Å². The lowest BCUT2D eigenvalue weighted by Gasteiger charge is -2.45. The predicted octanol–water partition coefficient (Wildman–Crippen LogP) is 8.33. The number of nitrogens with one attached hydrogen (secondary N) is 2. The molecule has 2 amide bonds. The van der Waals surface area contributed by atoms with Crippen LogP contribution in [0.15, 0.2) is 0 Å². The lowest BCUT2D eigenvalue weighted by molar-refractivity contribution is -0.0730. The fraction of sp³-hybridized carbons (Fsp3) is 0.933. The number of ether oxygens (including phenoxy) is 2. The van der Waals surface area contributed by atoms with Crippen LogP contribution in [0.25, 0.3) is 0 Å². The van der Waals surface area contributed by atoms with Crippen molar-refractivity contribution in [2.75, 3.05) is 0 Å². The van der Waals surface area contributed by atoms with Crippen LogP contribution in [0.5, 0.6) is 0 Å². The third-order valence-corrected chi connectivity index (χ3v) is 23.7. The molecule has 8 nitrogen and oxygen atoms in total. The highest BCUT2D eigenvalue weighted by atomic mass is 28.4. The molecule has 4 heterocycles. The zero-order valence-electron chi connectivity index (χ0n) is 28.2. The standard InChI is InChI=1S/2C15H29NO3Si/c2*1-10(2)20(11(3)4)13(5,6)9-15(19-20)14(7,8)18-12(17)16-15/h2*10-11H,9H2,1-8H3,(H,16,17)/t2*15-/m10/s1. The van der Waals surface area contributed by atoms with E-state index in [1.165, 1.54) is 0 Å². The van der Waals surface area contributed by atoms with Gasteiger partial charge in [0, 0.05) is 12.8 Å². The second-order valence-corrected chi connectivity index (χ2v) is 27.1. The van der Waals surface area contributed by atoms with Gasteiger partial charge in [-0.15, -0.1) is 0 Å². The largest absolute Gasteiger partial charge is 0.438 e. The maximum atomic E-state index is 11.8. The molecule has 0 aromatic rings. The van der Waals surface area contributed by atoms with Crippen LogP contribution < -0.4 is 10.6 Å². The van der Waals surface area contributed by atoms with Gasteiger partial charge >= 0.3 is 12.2 Å². The molecule has 0 aromatic heterocycles. The molecule has 232 valence electrons. The van der Waals surface area contributed by atoms with Crippen molar-refractivity contribution in [3.8, 4) is 0 Å². The van der Waals surface area contributed by atoms with Crippen LogP contribution in [0, 0.1) is 0 Å². The Kier molecular flexibility index (Phi) is 8.10. The minimum Gasteiger partial charge on any atom is -0.438 e. The number of hydrogen-bond acceptors (Lipinski definition) is 6. The highest BCUT2D eigenvalue weighted by molar-refractivity contribution is 6.80. The maximum absolute atomic E-state index is 11.8. The smallest absolute Gasteiger partial charge is 0.410 e. The molecule has 4 aliphatic rings. The first-order valence-corrected chi connectivity index (χ1v) is 19.4. The van der Waals surface area contributed by atoms with Crippen molar-refractivity contribution >= 4 is 28.8 Å². The molecule has 4 fully saturated rings. The Hall–Kier alpha value is -1.11. The highest BCUT2D eigenvalue weighted by Gasteiger charge is 2.73. The summed E-state index contributed by atoms with van der Waals surface area (Å²) in [5, 5.41) is 6.16. The van der Waals surface area contributed by atoms with E-state index >= 15 is 0 Å². The van der Waals surface area contributed by atoms with Crippen LogP contribution in [-0.2, 0) is 18.3 Å². The lowest BCUT2D eigenvalue weighted by atomic mass is 9.87. The molecule has 4 saturated heterocycles. The summed E-state index contributed by atoms with van der Waals surface area (Å²) in [7, 11) is -4.13. The van der Waals surface area contributed by atoms with E-state index in [0.717, 1.165) is 12.8 Å². The minimum atomic E-state index is -2.07. The fourth-order valence-electron chi connectivity index (χ4n) is 9.50. The average Bonchev–Trinajstić information content (AvgIpc) is 3.29. The van der Waals surface area contributed by atoms with Crippen molar-refractivity contribution in [2.24, 2.45) is 0 Å². The number of rotatable bonds is 4. The zero-order chi connectivity index (χ0) is 31.1. The average molecular weight is 599 g/mol. The van der Waals surface area contributed by atoms with Crippen molar-refractivity contribution in [1.29, 1.82) is 0 Å². The third kappa shape index (κ3) is 4.49. The van der Waals surface area contributed by atoms with Gasteiger partial charge in [0.05, 0.1) is 0 Å². The van der Waals surface area contributed by atoms with Crippen LogP contribution in [-0.4, -0.2) is 51.5 Å². The molecule has 4 aliphatic heterocycles. The van der Waals surface area contributed by atoms with E-state index in [1.54, 1.807) is 0 Å². The summed E-state index contributed by atoms with van der Waals surface area (Å²) in [5.41, 5.74) is -0.631. The third-order valence-electron chi connectivity index (χ3n) is 10.9. The molecular formula is C30H58N2O6Si2. The van der Waals surface area contributed by atoms with Crippen LogP contribution in [0.2, 0.25) is 32.2 Å². The number of carbonyl (C=O) groups excluding carboxylic acids is 2. The normalized spacial score (nSPS) is 33.8. The van der Waals surface area contributed by atoms with Crippen molar-refractivity contribution in [3.05, 3.63) is 0 Å². The van der Waals surface area contributed by atoms with Crippen molar-refractivity contribution in [1.82, 2.24) is 10.6 Å². The van der Waals surface area contributed by atoms with E-state index in [0.29, 0.717) is 22.2 Å². The monoisotopic (exact) mass is 598 g/mol. The molecule has 40 heavy (non-hydrogen) atoms.